The van der Waals surface area contributed by atoms with Crippen molar-refractivity contribution in [1.82, 2.24) is 0 Å². The molecular weight excluding hydrogens is 234 g/mol. The third-order valence-corrected chi connectivity index (χ3v) is 2.86. The Morgan fingerprint density at radius 2 is 2.15 bits per heavy atom. The minimum atomic E-state index is 0.220. The Balaban J connectivity index is 3.28. The number of halogens is 1. The molecule has 0 unspecified atom stereocenters. The number of hydrogen-bond acceptors (Lipinski definition) is 3. The van der Waals surface area contributed by atoms with Gasteiger partial charge in [-0.1, -0.05) is 15.9 Å². The molecule has 0 saturated carbocycles. The first-order valence-corrected chi connectivity index (χ1v) is 4.66. The number of aromatic hydroxyl groups is 1. The smallest absolute Gasteiger partial charge is 0.124 e. The number of rotatable bonds is 2. The molecule has 0 bridgehead atoms. The van der Waals surface area contributed by atoms with Gasteiger partial charge in [-0.3, -0.25) is 4.84 Å². The van der Waals surface area contributed by atoms with Crippen molar-refractivity contribution in [3.8, 4) is 5.75 Å². The normalized spacial score (nSPS) is 10.5. The predicted octanol–water partition coefficient (Wildman–Crippen LogP) is 2.16. The maximum absolute atomic E-state index is 9.68. The molecule has 3 N–H and O–H groups in total. The number of nitrogens with two attached hydrogens (primary N) is 1. The summed E-state index contributed by atoms with van der Waals surface area (Å²) in [5.74, 6) is 5.23. The molecule has 0 radical (unpaired) electrons. The average Bonchev–Trinajstić information content (AvgIpc) is 2.09. The molecule has 1 aromatic rings. The van der Waals surface area contributed by atoms with Gasteiger partial charge in [-0.05, 0) is 31.0 Å². The van der Waals surface area contributed by atoms with Crippen molar-refractivity contribution in [2.75, 3.05) is 0 Å². The molecule has 0 aliphatic rings. The summed E-state index contributed by atoms with van der Waals surface area (Å²) in [5, 5.41) is 9.68. The van der Waals surface area contributed by atoms with Crippen LogP contribution in [-0.2, 0) is 11.4 Å². The van der Waals surface area contributed by atoms with Crippen LogP contribution >= 0.6 is 15.9 Å². The number of benzene rings is 1. The standard InChI is InChI=1S/C9H12BrNO2/c1-5-3-8(10)6(2)7(4-13-11)9(5)12/h3,12H,4,11H2,1-2H3. The average molecular weight is 246 g/mol. The summed E-state index contributed by atoms with van der Waals surface area (Å²) in [6.07, 6.45) is 0. The molecule has 1 aromatic carbocycles. The molecule has 0 aliphatic heterocycles. The maximum Gasteiger partial charge on any atom is 0.124 e. The Morgan fingerprint density at radius 3 is 2.69 bits per heavy atom. The fourth-order valence-corrected chi connectivity index (χ4v) is 1.77. The zero-order valence-electron chi connectivity index (χ0n) is 7.60. The van der Waals surface area contributed by atoms with Gasteiger partial charge in [0.1, 0.15) is 5.75 Å². The van der Waals surface area contributed by atoms with E-state index >= 15 is 0 Å². The van der Waals surface area contributed by atoms with Crippen molar-refractivity contribution in [3.63, 3.8) is 0 Å². The van der Waals surface area contributed by atoms with Gasteiger partial charge in [0.15, 0.2) is 0 Å². The minimum Gasteiger partial charge on any atom is -0.507 e. The first kappa shape index (κ1) is 10.5. The van der Waals surface area contributed by atoms with Crippen LogP contribution in [0.3, 0.4) is 0 Å². The monoisotopic (exact) mass is 245 g/mol. The van der Waals surface area contributed by atoms with E-state index in [4.69, 9.17) is 5.90 Å². The fourth-order valence-electron chi connectivity index (χ4n) is 1.19. The van der Waals surface area contributed by atoms with E-state index in [-0.39, 0.29) is 12.4 Å². The molecule has 0 amide bonds. The molecule has 0 atom stereocenters. The third kappa shape index (κ3) is 2.02. The summed E-state index contributed by atoms with van der Waals surface area (Å²) in [4.78, 5) is 4.52. The number of phenols is 1. The Morgan fingerprint density at radius 1 is 1.54 bits per heavy atom. The fraction of sp³-hybridized carbons (Fsp3) is 0.333. The van der Waals surface area contributed by atoms with Gasteiger partial charge in [0.25, 0.3) is 0 Å². The molecule has 1 rings (SSSR count). The van der Waals surface area contributed by atoms with E-state index in [1.165, 1.54) is 0 Å². The van der Waals surface area contributed by atoms with Gasteiger partial charge in [0.2, 0.25) is 0 Å². The van der Waals surface area contributed by atoms with Crippen molar-refractivity contribution < 1.29 is 9.94 Å². The van der Waals surface area contributed by atoms with Crippen LogP contribution in [0, 0.1) is 13.8 Å². The third-order valence-electron chi connectivity index (χ3n) is 2.04. The Kier molecular flexibility index (Phi) is 3.30. The second kappa shape index (κ2) is 4.09. The van der Waals surface area contributed by atoms with Crippen LogP contribution in [0.25, 0.3) is 0 Å². The van der Waals surface area contributed by atoms with Crippen LogP contribution in [0.2, 0.25) is 0 Å². The van der Waals surface area contributed by atoms with Crippen molar-refractivity contribution in [1.29, 1.82) is 0 Å². The molecular formula is C9H12BrNO2. The zero-order chi connectivity index (χ0) is 10.0. The lowest BCUT2D eigenvalue weighted by molar-refractivity contribution is 0.121. The second-order valence-electron chi connectivity index (χ2n) is 2.94. The molecule has 13 heavy (non-hydrogen) atoms. The highest BCUT2D eigenvalue weighted by Crippen LogP contribution is 2.31. The molecule has 4 heteroatoms. The summed E-state index contributed by atoms with van der Waals surface area (Å²) in [6.45, 7) is 3.95. The highest BCUT2D eigenvalue weighted by molar-refractivity contribution is 9.10. The van der Waals surface area contributed by atoms with E-state index in [1.54, 1.807) is 0 Å². The molecule has 0 fully saturated rings. The highest BCUT2D eigenvalue weighted by atomic mass is 79.9. The second-order valence-corrected chi connectivity index (χ2v) is 3.79. The van der Waals surface area contributed by atoms with E-state index < -0.39 is 0 Å². The van der Waals surface area contributed by atoms with Crippen LogP contribution in [0.5, 0.6) is 5.75 Å². The van der Waals surface area contributed by atoms with Gasteiger partial charge < -0.3 is 5.11 Å². The van der Waals surface area contributed by atoms with Gasteiger partial charge in [0.05, 0.1) is 6.61 Å². The topological polar surface area (TPSA) is 55.5 Å². The number of hydrogen-bond donors (Lipinski definition) is 2. The molecule has 3 nitrogen and oxygen atoms in total. The van der Waals surface area contributed by atoms with Gasteiger partial charge in [-0.25, -0.2) is 5.90 Å². The zero-order valence-corrected chi connectivity index (χ0v) is 9.18. The van der Waals surface area contributed by atoms with Crippen molar-refractivity contribution in [3.05, 3.63) is 27.2 Å². The number of phenolic OH excluding ortho intramolecular Hbond substituents is 1. The largest absolute Gasteiger partial charge is 0.507 e. The molecule has 72 valence electrons. The molecule has 0 spiro atoms. The molecule has 0 heterocycles. The summed E-state index contributed by atoms with van der Waals surface area (Å²) < 4.78 is 0.954. The van der Waals surface area contributed by atoms with Crippen LogP contribution in [-0.4, -0.2) is 5.11 Å². The quantitative estimate of drug-likeness (QED) is 0.786. The van der Waals surface area contributed by atoms with Gasteiger partial charge in [-0.15, -0.1) is 0 Å². The summed E-state index contributed by atoms with van der Waals surface area (Å²) in [7, 11) is 0. The van der Waals surface area contributed by atoms with Gasteiger partial charge in [0, 0.05) is 10.0 Å². The highest BCUT2D eigenvalue weighted by Gasteiger charge is 2.10. The van der Waals surface area contributed by atoms with Gasteiger partial charge in [-0.2, -0.15) is 0 Å². The minimum absolute atomic E-state index is 0.220. The van der Waals surface area contributed by atoms with Crippen molar-refractivity contribution in [2.45, 2.75) is 20.5 Å². The van der Waals surface area contributed by atoms with E-state index in [9.17, 15) is 5.11 Å². The SMILES string of the molecule is Cc1cc(Br)c(C)c(CON)c1O. The summed E-state index contributed by atoms with van der Waals surface area (Å²) in [5.41, 5.74) is 2.49. The van der Waals surface area contributed by atoms with E-state index in [0.717, 1.165) is 21.2 Å². The van der Waals surface area contributed by atoms with E-state index in [1.807, 2.05) is 19.9 Å². The van der Waals surface area contributed by atoms with Crippen LogP contribution in [0.1, 0.15) is 16.7 Å². The summed E-state index contributed by atoms with van der Waals surface area (Å²) in [6, 6.07) is 1.87. The predicted molar refractivity (Wildman–Crippen MR) is 54.3 cm³/mol. The lowest BCUT2D eigenvalue weighted by Gasteiger charge is -2.11. The van der Waals surface area contributed by atoms with Gasteiger partial charge >= 0.3 is 0 Å². The Labute approximate surface area is 85.6 Å². The van der Waals surface area contributed by atoms with Crippen LogP contribution < -0.4 is 5.90 Å². The van der Waals surface area contributed by atoms with E-state index in [0.29, 0.717) is 0 Å². The van der Waals surface area contributed by atoms with E-state index in [2.05, 4.69) is 20.8 Å². The van der Waals surface area contributed by atoms with Crippen LogP contribution in [0.15, 0.2) is 10.5 Å². The summed E-state index contributed by atoms with van der Waals surface area (Å²) >= 11 is 3.39. The Hall–Kier alpha value is -0.580. The first-order valence-electron chi connectivity index (χ1n) is 3.87. The molecule has 0 aromatic heterocycles. The lowest BCUT2D eigenvalue weighted by atomic mass is 10.0. The maximum atomic E-state index is 9.68. The van der Waals surface area contributed by atoms with Crippen molar-refractivity contribution >= 4 is 15.9 Å². The van der Waals surface area contributed by atoms with Crippen LogP contribution in [0.4, 0.5) is 0 Å². The first-order chi connectivity index (χ1) is 6.07. The molecule has 0 saturated heterocycles. The Bertz CT molecular complexity index is 300. The molecule has 0 aliphatic carbocycles. The number of aryl methyl sites for hydroxylation is 1. The lowest BCUT2D eigenvalue weighted by Crippen LogP contribution is -2.02. The van der Waals surface area contributed by atoms with Crippen molar-refractivity contribution in [2.24, 2.45) is 5.90 Å².